The first kappa shape index (κ1) is 11.0. The monoisotopic (exact) mass is 214 g/mol. The van der Waals surface area contributed by atoms with Gasteiger partial charge in [-0.15, -0.1) is 0 Å². The van der Waals surface area contributed by atoms with E-state index in [1.807, 2.05) is 5.92 Å². The normalized spacial score (nSPS) is 10.3. The minimum absolute atomic E-state index is 0.114. The minimum atomic E-state index is -4.50. The first-order valence-corrected chi connectivity index (χ1v) is 3.73. The number of pyridine rings is 1. The number of hydrogen-bond donors (Lipinski definition) is 1. The maximum absolute atomic E-state index is 12.2. The van der Waals surface area contributed by atoms with Crippen molar-refractivity contribution in [1.29, 1.82) is 0 Å². The van der Waals surface area contributed by atoms with Crippen LogP contribution in [-0.2, 0) is 11.0 Å². The second-order valence-corrected chi connectivity index (χ2v) is 2.54. The Bertz CT molecular complexity index is 443. The molecule has 1 aromatic heterocycles. The summed E-state index contributed by atoms with van der Waals surface area (Å²) < 4.78 is 36.7. The number of halogens is 3. The molecule has 0 atom stereocenters. The Balaban J connectivity index is 3.22. The van der Waals surface area contributed by atoms with Crippen molar-refractivity contribution >= 4 is 12.1 Å². The average molecular weight is 214 g/mol. The number of carbonyl (C=O) groups is 1. The van der Waals surface area contributed by atoms with Gasteiger partial charge >= 0.3 is 6.18 Å². The first-order valence-electron chi connectivity index (χ1n) is 3.73. The van der Waals surface area contributed by atoms with Gasteiger partial charge in [-0.1, -0.05) is 5.92 Å². The summed E-state index contributed by atoms with van der Waals surface area (Å²) in [6.45, 7) is 0. The Morgan fingerprint density at radius 1 is 1.47 bits per heavy atom. The van der Waals surface area contributed by atoms with Crippen LogP contribution in [0.2, 0.25) is 0 Å². The number of aldehydes is 1. The summed E-state index contributed by atoms with van der Waals surface area (Å²) in [6.07, 6.45) is -3.63. The van der Waals surface area contributed by atoms with Crippen molar-refractivity contribution in [3.05, 3.63) is 23.4 Å². The molecule has 0 aromatic carbocycles. The summed E-state index contributed by atoms with van der Waals surface area (Å²) in [7, 11) is 0. The molecule has 0 aliphatic rings. The summed E-state index contributed by atoms with van der Waals surface area (Å²) in [5, 5.41) is 0. The van der Waals surface area contributed by atoms with Gasteiger partial charge in [0.05, 0.1) is 11.1 Å². The third kappa shape index (κ3) is 2.71. The van der Waals surface area contributed by atoms with Gasteiger partial charge in [-0.05, 0) is 12.0 Å². The fourth-order valence-electron chi connectivity index (χ4n) is 0.838. The van der Waals surface area contributed by atoms with Gasteiger partial charge in [-0.25, -0.2) is 4.98 Å². The van der Waals surface area contributed by atoms with Crippen molar-refractivity contribution in [3.8, 4) is 11.8 Å². The number of nitrogens with zero attached hydrogens (tertiary/aromatic N) is 1. The van der Waals surface area contributed by atoms with Crippen molar-refractivity contribution in [2.24, 2.45) is 0 Å². The van der Waals surface area contributed by atoms with Gasteiger partial charge in [0, 0.05) is 6.20 Å². The van der Waals surface area contributed by atoms with E-state index < -0.39 is 11.7 Å². The molecule has 0 spiro atoms. The predicted molar refractivity (Wildman–Crippen MR) is 46.6 cm³/mol. The van der Waals surface area contributed by atoms with Crippen LogP contribution < -0.4 is 5.73 Å². The Morgan fingerprint density at radius 2 is 2.13 bits per heavy atom. The van der Waals surface area contributed by atoms with Crippen LogP contribution in [0.3, 0.4) is 0 Å². The lowest BCUT2D eigenvalue weighted by molar-refractivity contribution is -0.137. The van der Waals surface area contributed by atoms with Crippen molar-refractivity contribution < 1.29 is 18.0 Å². The Hall–Kier alpha value is -2.03. The Morgan fingerprint density at radius 3 is 2.67 bits per heavy atom. The summed E-state index contributed by atoms with van der Waals surface area (Å²) >= 11 is 0. The topological polar surface area (TPSA) is 56.0 Å². The van der Waals surface area contributed by atoms with E-state index in [9.17, 15) is 18.0 Å². The number of nitrogen functional groups attached to an aromatic ring is 1. The van der Waals surface area contributed by atoms with Crippen LogP contribution in [0.25, 0.3) is 0 Å². The number of anilines is 1. The lowest BCUT2D eigenvalue weighted by Crippen LogP contribution is -2.07. The molecule has 1 heterocycles. The van der Waals surface area contributed by atoms with E-state index in [0.29, 0.717) is 6.20 Å². The molecule has 6 heteroatoms. The van der Waals surface area contributed by atoms with Crippen molar-refractivity contribution in [1.82, 2.24) is 4.98 Å². The maximum Gasteiger partial charge on any atom is 0.417 e. The maximum atomic E-state index is 12.2. The molecule has 0 aliphatic heterocycles. The summed E-state index contributed by atoms with van der Waals surface area (Å²) in [4.78, 5) is 13.3. The minimum Gasteiger partial charge on any atom is -0.383 e. The first-order chi connectivity index (χ1) is 6.95. The van der Waals surface area contributed by atoms with E-state index in [0.717, 1.165) is 6.07 Å². The van der Waals surface area contributed by atoms with E-state index in [1.54, 1.807) is 0 Å². The lowest BCUT2D eigenvalue weighted by atomic mass is 10.2. The molecule has 0 bridgehead atoms. The largest absolute Gasteiger partial charge is 0.417 e. The molecular formula is C9H5F3N2O. The van der Waals surface area contributed by atoms with E-state index in [2.05, 4.69) is 10.9 Å². The number of carbonyl (C=O) groups excluding carboxylic acids is 1. The molecule has 1 aromatic rings. The number of hydrogen-bond acceptors (Lipinski definition) is 3. The molecule has 0 unspecified atom stereocenters. The standard InChI is InChI=1S/C9H5F3N2O/c10-9(11,12)7-4-6(2-1-3-15)8(13)14-5-7/h3-5H,(H2,13,14). The van der Waals surface area contributed by atoms with Crippen LogP contribution in [0.1, 0.15) is 11.1 Å². The van der Waals surface area contributed by atoms with Crippen molar-refractivity contribution in [2.75, 3.05) is 5.73 Å². The zero-order valence-electron chi connectivity index (χ0n) is 7.30. The highest BCUT2D eigenvalue weighted by molar-refractivity contribution is 5.75. The van der Waals surface area contributed by atoms with Crippen LogP contribution in [0.15, 0.2) is 12.3 Å². The molecule has 0 radical (unpaired) electrons. The fraction of sp³-hybridized carbons (Fsp3) is 0.111. The van der Waals surface area contributed by atoms with Gasteiger partial charge < -0.3 is 5.73 Å². The molecule has 15 heavy (non-hydrogen) atoms. The van der Waals surface area contributed by atoms with Crippen molar-refractivity contribution in [2.45, 2.75) is 6.18 Å². The number of rotatable bonds is 0. The molecular weight excluding hydrogens is 209 g/mol. The van der Waals surface area contributed by atoms with Gasteiger partial charge in [0.2, 0.25) is 0 Å². The number of aromatic nitrogens is 1. The number of nitrogens with two attached hydrogens (primary N) is 1. The van der Waals surface area contributed by atoms with Crippen LogP contribution >= 0.6 is 0 Å². The van der Waals surface area contributed by atoms with Gasteiger partial charge in [-0.3, -0.25) is 4.79 Å². The van der Waals surface area contributed by atoms with E-state index in [-0.39, 0.29) is 17.7 Å². The van der Waals surface area contributed by atoms with E-state index >= 15 is 0 Å². The Labute approximate surface area is 83.1 Å². The quantitative estimate of drug-likeness (QED) is 0.522. The zero-order valence-corrected chi connectivity index (χ0v) is 7.30. The molecule has 3 nitrogen and oxygen atoms in total. The average Bonchev–Trinajstić information content (AvgIpc) is 2.15. The van der Waals surface area contributed by atoms with E-state index in [4.69, 9.17) is 5.73 Å². The van der Waals surface area contributed by atoms with Gasteiger partial charge in [0.15, 0.2) is 6.29 Å². The SMILES string of the molecule is Nc1ncc(C(F)(F)F)cc1C#CC=O. The van der Waals surface area contributed by atoms with Crippen LogP contribution in [-0.4, -0.2) is 11.3 Å². The molecule has 0 fully saturated rings. The molecule has 0 amide bonds. The summed E-state index contributed by atoms with van der Waals surface area (Å²) in [5.41, 5.74) is 4.21. The van der Waals surface area contributed by atoms with E-state index in [1.165, 1.54) is 0 Å². The summed E-state index contributed by atoms with van der Waals surface area (Å²) in [5.74, 6) is 3.99. The van der Waals surface area contributed by atoms with Crippen LogP contribution in [0.5, 0.6) is 0 Å². The molecule has 78 valence electrons. The second kappa shape index (κ2) is 4.00. The lowest BCUT2D eigenvalue weighted by Gasteiger charge is -2.06. The highest BCUT2D eigenvalue weighted by atomic mass is 19.4. The van der Waals surface area contributed by atoms with Gasteiger partial charge in [0.25, 0.3) is 0 Å². The highest BCUT2D eigenvalue weighted by Gasteiger charge is 2.31. The molecule has 0 aliphatic carbocycles. The van der Waals surface area contributed by atoms with Crippen molar-refractivity contribution in [3.63, 3.8) is 0 Å². The van der Waals surface area contributed by atoms with Gasteiger partial charge in [0.1, 0.15) is 5.82 Å². The smallest absolute Gasteiger partial charge is 0.383 e. The van der Waals surface area contributed by atoms with Gasteiger partial charge in [-0.2, -0.15) is 13.2 Å². The molecule has 2 N–H and O–H groups in total. The zero-order chi connectivity index (χ0) is 11.5. The van der Waals surface area contributed by atoms with Crippen LogP contribution in [0.4, 0.5) is 19.0 Å². The molecule has 0 saturated heterocycles. The third-order valence-corrected chi connectivity index (χ3v) is 1.51. The highest BCUT2D eigenvalue weighted by Crippen LogP contribution is 2.29. The molecule has 0 saturated carbocycles. The number of alkyl halides is 3. The summed E-state index contributed by atoms with van der Waals surface area (Å²) in [6, 6.07) is 0.749. The second-order valence-electron chi connectivity index (χ2n) is 2.54. The fourth-order valence-corrected chi connectivity index (χ4v) is 0.838. The molecule has 1 rings (SSSR count). The Kier molecular flexibility index (Phi) is 2.95. The predicted octanol–water partition coefficient (Wildman–Crippen LogP) is 1.23. The van der Waals surface area contributed by atoms with Crippen LogP contribution in [0, 0.1) is 11.8 Å². The third-order valence-electron chi connectivity index (χ3n) is 1.51.